The molecule has 138 valence electrons. The summed E-state index contributed by atoms with van der Waals surface area (Å²) in [5, 5.41) is 2.42. The van der Waals surface area contributed by atoms with E-state index in [9.17, 15) is 22.8 Å². The number of benzene rings is 1. The van der Waals surface area contributed by atoms with Crippen molar-refractivity contribution in [1.29, 1.82) is 0 Å². The number of nitrogens with zero attached hydrogens (tertiary/aromatic N) is 1. The third-order valence-corrected chi connectivity index (χ3v) is 3.99. The first-order chi connectivity index (χ1) is 11.7. The van der Waals surface area contributed by atoms with Crippen molar-refractivity contribution in [3.05, 3.63) is 29.8 Å². The Labute approximate surface area is 144 Å². The zero-order chi connectivity index (χ0) is 18.4. The van der Waals surface area contributed by atoms with Crippen molar-refractivity contribution in [3.63, 3.8) is 0 Å². The van der Waals surface area contributed by atoms with Crippen LogP contribution in [0, 0.1) is 5.92 Å². The predicted molar refractivity (Wildman–Crippen MR) is 86.2 cm³/mol. The van der Waals surface area contributed by atoms with E-state index in [-0.39, 0.29) is 5.91 Å². The molecular weight excluding hydrogens is 337 g/mol. The number of ether oxygens (including phenoxy) is 1. The van der Waals surface area contributed by atoms with Crippen LogP contribution in [0.2, 0.25) is 0 Å². The van der Waals surface area contributed by atoms with Crippen LogP contribution in [0.3, 0.4) is 0 Å². The van der Waals surface area contributed by atoms with Gasteiger partial charge in [0.25, 0.3) is 5.91 Å². The molecule has 1 aromatic carbocycles. The molecule has 0 spiro atoms. The average Bonchev–Trinajstić information content (AvgIpc) is 2.54. The van der Waals surface area contributed by atoms with Gasteiger partial charge in [0.2, 0.25) is 5.91 Å². The van der Waals surface area contributed by atoms with E-state index in [0.717, 1.165) is 25.9 Å². The van der Waals surface area contributed by atoms with Crippen LogP contribution in [0.15, 0.2) is 24.3 Å². The highest BCUT2D eigenvalue weighted by Crippen LogP contribution is 2.19. The van der Waals surface area contributed by atoms with Gasteiger partial charge in [-0.25, -0.2) is 0 Å². The second-order valence-corrected chi connectivity index (χ2v) is 6.21. The fourth-order valence-corrected chi connectivity index (χ4v) is 2.55. The largest absolute Gasteiger partial charge is 0.411 e. The second-order valence-electron chi connectivity index (χ2n) is 6.21. The number of hydrogen-bond donors (Lipinski definition) is 1. The molecule has 1 N–H and O–H groups in total. The minimum absolute atomic E-state index is 0.0571. The van der Waals surface area contributed by atoms with Crippen molar-refractivity contribution in [2.45, 2.75) is 25.9 Å². The summed E-state index contributed by atoms with van der Waals surface area (Å²) in [7, 11) is 0. The van der Waals surface area contributed by atoms with Gasteiger partial charge in [-0.2, -0.15) is 13.2 Å². The van der Waals surface area contributed by atoms with E-state index in [1.54, 1.807) is 29.2 Å². The first-order valence-corrected chi connectivity index (χ1v) is 8.08. The molecule has 2 rings (SSSR count). The summed E-state index contributed by atoms with van der Waals surface area (Å²) in [6.07, 6.45) is -2.50. The van der Waals surface area contributed by atoms with Gasteiger partial charge in [-0.1, -0.05) is 6.92 Å². The molecule has 25 heavy (non-hydrogen) atoms. The Morgan fingerprint density at radius 3 is 2.36 bits per heavy atom. The molecule has 0 bridgehead atoms. The van der Waals surface area contributed by atoms with E-state index in [2.05, 4.69) is 17.0 Å². The quantitative estimate of drug-likeness (QED) is 0.880. The van der Waals surface area contributed by atoms with Gasteiger partial charge in [0.05, 0.1) is 0 Å². The zero-order valence-electron chi connectivity index (χ0n) is 13.9. The molecule has 1 heterocycles. The van der Waals surface area contributed by atoms with Gasteiger partial charge in [0, 0.05) is 24.3 Å². The van der Waals surface area contributed by atoms with Crippen molar-refractivity contribution in [3.8, 4) is 0 Å². The van der Waals surface area contributed by atoms with Gasteiger partial charge < -0.3 is 15.0 Å². The van der Waals surface area contributed by atoms with Crippen LogP contribution in [0.4, 0.5) is 18.9 Å². The van der Waals surface area contributed by atoms with E-state index in [1.807, 2.05) is 0 Å². The van der Waals surface area contributed by atoms with Gasteiger partial charge in [-0.3, -0.25) is 9.59 Å². The molecule has 1 aliphatic heterocycles. The number of likely N-dealkylation sites (tertiary alicyclic amines) is 1. The number of carbonyl (C=O) groups is 2. The van der Waals surface area contributed by atoms with E-state index in [1.165, 1.54) is 0 Å². The highest BCUT2D eigenvalue weighted by atomic mass is 19.4. The van der Waals surface area contributed by atoms with Gasteiger partial charge in [-0.05, 0) is 43.0 Å². The molecule has 0 atom stereocenters. The summed E-state index contributed by atoms with van der Waals surface area (Å²) >= 11 is 0. The number of piperidine rings is 1. The van der Waals surface area contributed by atoms with Crippen LogP contribution in [0.5, 0.6) is 0 Å². The van der Waals surface area contributed by atoms with Crippen molar-refractivity contribution in [2.24, 2.45) is 5.92 Å². The maximum atomic E-state index is 12.4. The minimum atomic E-state index is -4.46. The van der Waals surface area contributed by atoms with E-state index < -0.39 is 25.3 Å². The molecule has 0 aromatic heterocycles. The lowest BCUT2D eigenvalue weighted by atomic mass is 9.98. The fraction of sp³-hybridized carbons (Fsp3) is 0.529. The normalized spacial score (nSPS) is 15.9. The number of carbonyl (C=O) groups excluding carboxylic acids is 2. The van der Waals surface area contributed by atoms with Crippen molar-refractivity contribution in [1.82, 2.24) is 4.90 Å². The number of halogens is 3. The molecule has 0 unspecified atom stereocenters. The summed E-state index contributed by atoms with van der Waals surface area (Å²) in [5.41, 5.74) is 0.908. The average molecular weight is 358 g/mol. The second kappa shape index (κ2) is 8.33. The van der Waals surface area contributed by atoms with Gasteiger partial charge in [-0.15, -0.1) is 0 Å². The zero-order valence-corrected chi connectivity index (χ0v) is 13.9. The molecule has 1 saturated heterocycles. The highest BCUT2D eigenvalue weighted by molar-refractivity contribution is 5.96. The first kappa shape index (κ1) is 19.2. The monoisotopic (exact) mass is 358 g/mol. The van der Waals surface area contributed by atoms with Crippen LogP contribution >= 0.6 is 0 Å². The van der Waals surface area contributed by atoms with Gasteiger partial charge >= 0.3 is 6.18 Å². The minimum Gasteiger partial charge on any atom is -0.362 e. The number of rotatable bonds is 5. The van der Waals surface area contributed by atoms with Crippen molar-refractivity contribution in [2.75, 3.05) is 31.6 Å². The Morgan fingerprint density at radius 2 is 1.80 bits per heavy atom. The van der Waals surface area contributed by atoms with Crippen molar-refractivity contribution < 1.29 is 27.5 Å². The molecule has 8 heteroatoms. The lowest BCUT2D eigenvalue weighted by Gasteiger charge is -2.30. The summed E-state index contributed by atoms with van der Waals surface area (Å²) in [6.45, 7) is 1.47. The molecule has 0 saturated carbocycles. The molecular formula is C17H21F3N2O3. The van der Waals surface area contributed by atoms with Crippen LogP contribution in [0.1, 0.15) is 30.1 Å². The summed E-state index contributed by atoms with van der Waals surface area (Å²) in [6, 6.07) is 6.27. The van der Waals surface area contributed by atoms with Crippen LogP contribution in [0.25, 0.3) is 0 Å². The lowest BCUT2D eigenvalue weighted by Crippen LogP contribution is -2.37. The maximum Gasteiger partial charge on any atom is 0.411 e. The molecule has 1 aliphatic rings. The van der Waals surface area contributed by atoms with E-state index >= 15 is 0 Å². The molecule has 0 aliphatic carbocycles. The Balaban J connectivity index is 1.83. The Bertz CT molecular complexity index is 594. The predicted octanol–water partition coefficient (Wildman–Crippen LogP) is 3.08. The Hall–Kier alpha value is -2.09. The Morgan fingerprint density at radius 1 is 1.20 bits per heavy atom. The van der Waals surface area contributed by atoms with Crippen LogP contribution in [-0.4, -0.2) is 49.2 Å². The molecule has 0 radical (unpaired) electrons. The fourth-order valence-electron chi connectivity index (χ4n) is 2.55. The number of alkyl halides is 3. The third-order valence-electron chi connectivity index (χ3n) is 3.99. The molecule has 1 fully saturated rings. The summed E-state index contributed by atoms with van der Waals surface area (Å²) in [4.78, 5) is 25.7. The van der Waals surface area contributed by atoms with Crippen LogP contribution in [-0.2, 0) is 9.53 Å². The van der Waals surface area contributed by atoms with Gasteiger partial charge in [0.1, 0.15) is 13.2 Å². The number of hydrogen-bond acceptors (Lipinski definition) is 3. The standard InChI is InChI=1S/C17H21F3N2O3/c1-12-6-8-22(9-7-12)16(24)13-2-4-14(5-3-13)21-15(23)10-25-11-17(18,19)20/h2-5,12H,6-11H2,1H3,(H,21,23). The smallest absolute Gasteiger partial charge is 0.362 e. The molecule has 2 amide bonds. The third kappa shape index (κ3) is 6.38. The van der Waals surface area contributed by atoms with E-state index in [4.69, 9.17) is 0 Å². The Kier molecular flexibility index (Phi) is 6.41. The van der Waals surface area contributed by atoms with Crippen LogP contribution < -0.4 is 5.32 Å². The SMILES string of the molecule is CC1CCN(C(=O)c2ccc(NC(=O)COCC(F)(F)F)cc2)CC1. The number of anilines is 1. The highest BCUT2D eigenvalue weighted by Gasteiger charge is 2.27. The molecule has 1 aromatic rings. The molecule has 5 nitrogen and oxygen atoms in total. The summed E-state index contributed by atoms with van der Waals surface area (Å²) < 4.78 is 40.1. The topological polar surface area (TPSA) is 58.6 Å². The number of nitrogens with one attached hydrogen (secondary N) is 1. The number of amides is 2. The lowest BCUT2D eigenvalue weighted by molar-refractivity contribution is -0.174. The van der Waals surface area contributed by atoms with E-state index in [0.29, 0.717) is 17.2 Å². The first-order valence-electron chi connectivity index (χ1n) is 8.08. The maximum absolute atomic E-state index is 12.4. The van der Waals surface area contributed by atoms with Gasteiger partial charge in [0.15, 0.2) is 0 Å². The summed E-state index contributed by atoms with van der Waals surface area (Å²) in [5.74, 6) is -0.118. The van der Waals surface area contributed by atoms with Crippen molar-refractivity contribution >= 4 is 17.5 Å².